The number of ether oxygens (including phenoxy) is 1. The lowest BCUT2D eigenvalue weighted by Gasteiger charge is -2.60. The largest absolute Gasteiger partial charge is 0.481 e. The molecule has 1 N–H and O–H groups in total. The highest BCUT2D eigenvalue weighted by Gasteiger charge is 2.86. The predicted octanol–water partition coefficient (Wildman–Crippen LogP) is 7.32. The van der Waals surface area contributed by atoms with E-state index in [1.807, 2.05) is 0 Å². The van der Waals surface area contributed by atoms with Crippen LogP contribution in [0, 0.1) is 63.6 Å². The molecule has 7 rings (SSSR count). The second-order valence-corrected chi connectivity index (χ2v) is 17.8. The molecule has 0 aromatic heterocycles. The number of piperidine rings is 1. The Kier molecular flexibility index (Phi) is 9.10. The number of carboxylic acid groups (broad SMARTS) is 1. The Labute approximate surface area is 279 Å². The lowest BCUT2D eigenvalue weighted by Crippen LogP contribution is -2.65. The lowest BCUT2D eigenvalue weighted by atomic mass is 9.41. The van der Waals surface area contributed by atoms with Crippen molar-refractivity contribution in [2.24, 2.45) is 63.6 Å². The molecule has 6 heteroatoms. The molecular formula is C40H64N2O4. The zero-order valence-corrected chi connectivity index (χ0v) is 29.7. The number of carbonyl (C=O) groups is 2. The number of likely N-dealkylation sites (N-methyl/N-ethyl adjacent to an activating group) is 1. The number of aliphatic carboxylic acids is 1. The van der Waals surface area contributed by atoms with E-state index in [0.717, 1.165) is 63.4 Å². The maximum atomic E-state index is 14.2. The van der Waals surface area contributed by atoms with Gasteiger partial charge in [0.05, 0.1) is 17.6 Å². The molecule has 5 aliphatic carbocycles. The van der Waals surface area contributed by atoms with Crippen LogP contribution in [-0.2, 0) is 14.3 Å². The van der Waals surface area contributed by atoms with Crippen molar-refractivity contribution in [3.05, 3.63) is 11.6 Å². The second-order valence-electron chi connectivity index (χ2n) is 17.8. The first-order chi connectivity index (χ1) is 22.1. The molecule has 0 aromatic rings. The molecule has 6 nitrogen and oxygen atoms in total. The Morgan fingerprint density at radius 1 is 1.09 bits per heavy atom. The van der Waals surface area contributed by atoms with Gasteiger partial charge in [-0.2, -0.15) is 0 Å². The maximum absolute atomic E-state index is 14.2. The molecule has 2 heterocycles. The van der Waals surface area contributed by atoms with Crippen molar-refractivity contribution in [3.8, 4) is 0 Å². The normalized spacial score (nSPS) is 45.8. The summed E-state index contributed by atoms with van der Waals surface area (Å²) in [4.78, 5) is 33.1. The highest BCUT2D eigenvalue weighted by molar-refractivity contribution is 5.90. The van der Waals surface area contributed by atoms with Gasteiger partial charge in [0.2, 0.25) is 0 Å². The standard InChI is InChI=1S/C40H64N2O4/c1-6-41(17-18-42-16-10-11-27(4)23-42)24-35-31(29-12-8-7-9-13-29)20-36(46-35)39-22-32-28(5)14-15-33(32)38(25-43)21-30(39)19-34(26(2)3)40(38,39)37(44)45/h19,25-33,35-36H,6-18,20-24H2,1-5H3,(H,44,45)/t27?,28-,30?,31+,32-,33-,35+,36-,38?,39?,40+/m1/s1. The third kappa shape index (κ3) is 4.71. The summed E-state index contributed by atoms with van der Waals surface area (Å²) in [6, 6.07) is 0. The minimum absolute atomic E-state index is 0.102. The Bertz CT molecular complexity index is 1180. The quantitative estimate of drug-likeness (QED) is 0.189. The number of carboxylic acids is 1. The van der Waals surface area contributed by atoms with E-state index >= 15 is 0 Å². The fraction of sp³-hybridized carbons (Fsp3) is 0.900. The highest BCUT2D eigenvalue weighted by Crippen LogP contribution is 2.84. The monoisotopic (exact) mass is 636 g/mol. The van der Waals surface area contributed by atoms with E-state index in [1.54, 1.807) is 0 Å². The number of rotatable bonds is 11. The Hall–Kier alpha value is -1.24. The molecule has 46 heavy (non-hydrogen) atoms. The van der Waals surface area contributed by atoms with Gasteiger partial charge < -0.3 is 19.5 Å². The predicted molar refractivity (Wildman–Crippen MR) is 182 cm³/mol. The van der Waals surface area contributed by atoms with E-state index in [0.29, 0.717) is 30.1 Å². The summed E-state index contributed by atoms with van der Waals surface area (Å²) in [5, 5.41) is 11.6. The van der Waals surface area contributed by atoms with E-state index in [4.69, 9.17) is 4.74 Å². The zero-order chi connectivity index (χ0) is 32.4. The van der Waals surface area contributed by atoms with E-state index < -0.39 is 22.2 Å². The maximum Gasteiger partial charge on any atom is 0.315 e. The van der Waals surface area contributed by atoms with Crippen LogP contribution in [0.1, 0.15) is 112 Å². The number of carbonyl (C=O) groups excluding carboxylic acids is 1. The molecule has 11 atom stereocenters. The van der Waals surface area contributed by atoms with Crippen molar-refractivity contribution in [2.45, 2.75) is 124 Å². The van der Waals surface area contributed by atoms with Crippen LogP contribution in [0.3, 0.4) is 0 Å². The molecule has 2 aliphatic heterocycles. The Morgan fingerprint density at radius 3 is 2.54 bits per heavy atom. The summed E-state index contributed by atoms with van der Waals surface area (Å²) in [5.74, 6) is 2.55. The first-order valence-electron chi connectivity index (χ1n) is 19.6. The van der Waals surface area contributed by atoms with Crippen LogP contribution < -0.4 is 0 Å². The third-order valence-electron chi connectivity index (χ3n) is 15.5. The van der Waals surface area contributed by atoms with Crippen molar-refractivity contribution >= 4 is 12.3 Å². The molecular weight excluding hydrogens is 572 g/mol. The van der Waals surface area contributed by atoms with Gasteiger partial charge in [-0.25, -0.2) is 0 Å². The van der Waals surface area contributed by atoms with Crippen molar-refractivity contribution in [1.82, 2.24) is 9.80 Å². The Balaban J connectivity index is 1.23. The zero-order valence-electron chi connectivity index (χ0n) is 29.7. The number of nitrogens with zero attached hydrogens (tertiary/aromatic N) is 2. The van der Waals surface area contributed by atoms with Gasteiger partial charge >= 0.3 is 5.97 Å². The van der Waals surface area contributed by atoms with Crippen molar-refractivity contribution in [3.63, 3.8) is 0 Å². The van der Waals surface area contributed by atoms with Crippen molar-refractivity contribution in [2.75, 3.05) is 39.3 Å². The summed E-state index contributed by atoms with van der Waals surface area (Å²) >= 11 is 0. The number of allylic oxidation sites excluding steroid dienone is 1. The molecule has 2 saturated heterocycles. The van der Waals surface area contributed by atoms with Gasteiger partial charge in [0, 0.05) is 31.6 Å². The van der Waals surface area contributed by atoms with Gasteiger partial charge in [0.15, 0.2) is 0 Å². The average molecular weight is 637 g/mol. The van der Waals surface area contributed by atoms with Gasteiger partial charge in [-0.1, -0.05) is 84.8 Å². The van der Waals surface area contributed by atoms with Gasteiger partial charge in [0.25, 0.3) is 0 Å². The molecule has 0 radical (unpaired) electrons. The summed E-state index contributed by atoms with van der Waals surface area (Å²) in [6.45, 7) is 18.0. The molecule has 4 bridgehead atoms. The number of hydrogen-bond acceptors (Lipinski definition) is 5. The molecule has 4 unspecified atom stereocenters. The van der Waals surface area contributed by atoms with E-state index in [9.17, 15) is 14.7 Å². The SMILES string of the molecule is CCN(CCN1CCCC(C)C1)C[C@@H]1O[C@@H](C23C[C@@H]4[C@H](C)CC[C@H]4C4(C=O)CC2C=C(C(C)C)[C@]43C(=O)O)C[C@H]1C1CCCCC1. The summed E-state index contributed by atoms with van der Waals surface area (Å²) in [7, 11) is 0. The van der Waals surface area contributed by atoms with Crippen LogP contribution in [0.5, 0.6) is 0 Å². The highest BCUT2D eigenvalue weighted by atomic mass is 16.5. The minimum Gasteiger partial charge on any atom is -0.481 e. The molecule has 0 amide bonds. The summed E-state index contributed by atoms with van der Waals surface area (Å²) in [6.07, 6.45) is 17.5. The van der Waals surface area contributed by atoms with Crippen LogP contribution in [0.25, 0.3) is 0 Å². The summed E-state index contributed by atoms with van der Waals surface area (Å²) in [5.41, 5.74) is -1.43. The smallest absolute Gasteiger partial charge is 0.315 e. The molecule has 6 fully saturated rings. The molecule has 0 aromatic carbocycles. The van der Waals surface area contributed by atoms with Gasteiger partial charge in [-0.3, -0.25) is 9.69 Å². The first kappa shape index (κ1) is 33.3. The molecule has 0 spiro atoms. The van der Waals surface area contributed by atoms with E-state index in [1.165, 1.54) is 64.3 Å². The Morgan fingerprint density at radius 2 is 1.87 bits per heavy atom. The van der Waals surface area contributed by atoms with Gasteiger partial charge in [-0.15, -0.1) is 0 Å². The number of fused-ring (bicyclic) bond motifs is 2. The molecule has 7 aliphatic rings. The molecule has 4 saturated carbocycles. The lowest BCUT2D eigenvalue weighted by molar-refractivity contribution is -0.197. The van der Waals surface area contributed by atoms with Crippen LogP contribution in [-0.4, -0.2) is 78.6 Å². The topological polar surface area (TPSA) is 70.1 Å². The van der Waals surface area contributed by atoms with Gasteiger partial charge in [0.1, 0.15) is 11.7 Å². The fourth-order valence-corrected chi connectivity index (χ4v) is 13.6. The van der Waals surface area contributed by atoms with Crippen molar-refractivity contribution < 1.29 is 19.4 Å². The second kappa shape index (κ2) is 12.6. The number of aldehydes is 1. The van der Waals surface area contributed by atoms with E-state index in [-0.39, 0.29) is 30.0 Å². The van der Waals surface area contributed by atoms with E-state index in [2.05, 4.69) is 50.5 Å². The van der Waals surface area contributed by atoms with Crippen LogP contribution >= 0.6 is 0 Å². The fourth-order valence-electron chi connectivity index (χ4n) is 13.6. The molecule has 258 valence electrons. The van der Waals surface area contributed by atoms with Gasteiger partial charge in [-0.05, 0) is 99.0 Å². The number of likely N-dealkylation sites (tertiary alicyclic amines) is 1. The van der Waals surface area contributed by atoms with Crippen LogP contribution in [0.2, 0.25) is 0 Å². The number of hydrogen-bond donors (Lipinski definition) is 1. The van der Waals surface area contributed by atoms with Crippen LogP contribution in [0.15, 0.2) is 11.6 Å². The third-order valence-corrected chi connectivity index (χ3v) is 15.5. The average Bonchev–Trinajstić information content (AvgIpc) is 3.77. The summed E-state index contributed by atoms with van der Waals surface area (Å²) < 4.78 is 7.52. The van der Waals surface area contributed by atoms with Crippen molar-refractivity contribution in [1.29, 1.82) is 0 Å². The van der Waals surface area contributed by atoms with Crippen LogP contribution in [0.4, 0.5) is 0 Å². The first-order valence-corrected chi connectivity index (χ1v) is 19.6. The minimum atomic E-state index is -1.14.